The minimum atomic E-state index is -4.40. The Morgan fingerprint density at radius 1 is 0.739 bits per heavy atom. The maximum absolute atomic E-state index is 12.4. The molecule has 0 amide bonds. The lowest BCUT2D eigenvalue weighted by atomic mass is 10.2. The number of alkyl halides is 3. The van der Waals surface area contributed by atoms with Crippen LogP contribution in [0.4, 0.5) is 24.5 Å². The van der Waals surface area contributed by atoms with Crippen molar-refractivity contribution in [1.82, 2.24) is 5.32 Å². The van der Waals surface area contributed by atoms with Crippen LogP contribution in [0, 0.1) is 10.8 Å². The molecule has 0 saturated heterocycles. The molecule has 8 heteroatoms. The monoisotopic (exact) mass is 321 g/mol. The van der Waals surface area contributed by atoms with Gasteiger partial charge in [0.25, 0.3) is 0 Å². The van der Waals surface area contributed by atoms with Crippen molar-refractivity contribution in [3.05, 3.63) is 60.2 Å². The van der Waals surface area contributed by atoms with E-state index in [9.17, 15) is 13.2 Å². The van der Waals surface area contributed by atoms with E-state index in [1.807, 2.05) is 6.07 Å². The van der Waals surface area contributed by atoms with E-state index in [4.69, 9.17) is 10.8 Å². The van der Waals surface area contributed by atoms with Gasteiger partial charge in [-0.05, 0) is 36.4 Å². The normalized spacial score (nSPS) is 10.7. The highest BCUT2D eigenvalue weighted by atomic mass is 19.4. The number of halogens is 3. The predicted molar refractivity (Wildman–Crippen MR) is 83.7 cm³/mol. The lowest BCUT2D eigenvalue weighted by Gasteiger charge is -2.13. The highest BCUT2D eigenvalue weighted by Gasteiger charge is 2.29. The third-order valence-corrected chi connectivity index (χ3v) is 2.77. The molecule has 0 aromatic heterocycles. The highest BCUT2D eigenvalue weighted by Crippen LogP contribution is 2.29. The minimum Gasteiger partial charge on any atom is -0.326 e. The first-order valence-electron chi connectivity index (χ1n) is 6.55. The first kappa shape index (κ1) is 16.3. The molecule has 5 nitrogen and oxygen atoms in total. The summed E-state index contributed by atoms with van der Waals surface area (Å²) in [4.78, 5) is 0. The summed E-state index contributed by atoms with van der Waals surface area (Å²) in [7, 11) is 0. The first-order valence-corrected chi connectivity index (χ1v) is 6.55. The van der Waals surface area contributed by atoms with Crippen LogP contribution in [0.1, 0.15) is 5.56 Å². The number of para-hydroxylation sites is 1. The minimum absolute atomic E-state index is 0.138. The van der Waals surface area contributed by atoms with Crippen molar-refractivity contribution in [2.75, 3.05) is 10.6 Å². The Morgan fingerprint density at radius 2 is 1.22 bits per heavy atom. The Balaban J connectivity index is 1.88. The Kier molecular flexibility index (Phi) is 4.85. The van der Waals surface area contributed by atoms with Crippen molar-refractivity contribution in [3.8, 4) is 0 Å². The second kappa shape index (κ2) is 6.82. The van der Waals surface area contributed by atoms with Gasteiger partial charge < -0.3 is 10.6 Å². The maximum atomic E-state index is 12.4. The van der Waals surface area contributed by atoms with Crippen LogP contribution in [0.2, 0.25) is 0 Å². The van der Waals surface area contributed by atoms with E-state index in [1.165, 1.54) is 12.1 Å². The first-order chi connectivity index (χ1) is 10.8. The van der Waals surface area contributed by atoms with Crippen molar-refractivity contribution in [2.24, 2.45) is 0 Å². The molecule has 5 N–H and O–H groups in total. The lowest BCUT2D eigenvalue weighted by molar-refractivity contribution is -0.137. The molecule has 0 radical (unpaired) electrons. The van der Waals surface area contributed by atoms with Crippen LogP contribution >= 0.6 is 0 Å². The van der Waals surface area contributed by atoms with E-state index in [1.54, 1.807) is 24.3 Å². The molecule has 0 heterocycles. The van der Waals surface area contributed by atoms with Crippen LogP contribution < -0.4 is 16.0 Å². The van der Waals surface area contributed by atoms with Gasteiger partial charge in [0.15, 0.2) is 11.9 Å². The number of anilines is 2. The molecule has 120 valence electrons. The molecule has 23 heavy (non-hydrogen) atoms. The van der Waals surface area contributed by atoms with Crippen molar-refractivity contribution in [2.45, 2.75) is 6.18 Å². The van der Waals surface area contributed by atoms with Crippen LogP contribution in [0.5, 0.6) is 0 Å². The molecular formula is C15H14F3N5. The van der Waals surface area contributed by atoms with E-state index >= 15 is 0 Å². The highest BCUT2D eigenvalue weighted by molar-refractivity contribution is 6.07. The average molecular weight is 321 g/mol. The Bertz CT molecular complexity index is 681. The van der Waals surface area contributed by atoms with Crippen LogP contribution in [-0.2, 0) is 6.18 Å². The summed E-state index contributed by atoms with van der Waals surface area (Å²) in [6, 6.07) is 13.2. The second-order valence-electron chi connectivity index (χ2n) is 4.57. The van der Waals surface area contributed by atoms with Crippen molar-refractivity contribution in [1.29, 1.82) is 10.8 Å². The van der Waals surface area contributed by atoms with E-state index < -0.39 is 11.7 Å². The third-order valence-electron chi connectivity index (χ3n) is 2.77. The second-order valence-corrected chi connectivity index (χ2v) is 4.57. The quantitative estimate of drug-likeness (QED) is 0.432. The van der Waals surface area contributed by atoms with Gasteiger partial charge in [-0.15, -0.1) is 0 Å². The summed E-state index contributed by atoms with van der Waals surface area (Å²) < 4.78 is 37.3. The Morgan fingerprint density at radius 3 is 1.70 bits per heavy atom. The van der Waals surface area contributed by atoms with E-state index in [2.05, 4.69) is 16.0 Å². The van der Waals surface area contributed by atoms with Gasteiger partial charge in [-0.3, -0.25) is 16.1 Å². The molecule has 2 rings (SSSR count). The summed E-state index contributed by atoms with van der Waals surface area (Å²) in [5, 5.41) is 23.1. The number of rotatable bonds is 2. The molecule has 0 spiro atoms. The molecule has 0 fully saturated rings. The molecule has 0 bridgehead atoms. The van der Waals surface area contributed by atoms with Crippen LogP contribution in [0.3, 0.4) is 0 Å². The number of benzene rings is 2. The van der Waals surface area contributed by atoms with E-state index in [0.717, 1.165) is 12.1 Å². The van der Waals surface area contributed by atoms with Crippen LogP contribution in [0.25, 0.3) is 0 Å². The summed E-state index contributed by atoms with van der Waals surface area (Å²) in [5.74, 6) is -0.376. The number of guanidine groups is 2. The van der Waals surface area contributed by atoms with Crippen LogP contribution in [-0.4, -0.2) is 11.9 Å². The number of hydrogen-bond donors (Lipinski definition) is 5. The Labute approximate surface area is 130 Å². The molecule has 2 aromatic rings. The largest absolute Gasteiger partial charge is 0.416 e. The van der Waals surface area contributed by atoms with Gasteiger partial charge in [0.2, 0.25) is 0 Å². The standard InChI is InChI=1S/C15H14F3N5/c16-15(17,18)10-6-8-12(9-7-10)22-14(20)23-13(19)21-11-4-2-1-3-5-11/h1-9H,(H5,19,20,21,22,23). The van der Waals surface area contributed by atoms with Gasteiger partial charge in [-0.25, -0.2) is 0 Å². The SMILES string of the molecule is N=C(NC(=N)Nc1ccc(C(F)(F)F)cc1)Nc1ccccc1. The lowest BCUT2D eigenvalue weighted by Crippen LogP contribution is -2.38. The fraction of sp³-hybridized carbons (Fsp3) is 0.0667. The van der Waals surface area contributed by atoms with Gasteiger partial charge in [0.1, 0.15) is 0 Å². The van der Waals surface area contributed by atoms with Gasteiger partial charge >= 0.3 is 6.18 Å². The number of nitrogens with one attached hydrogen (secondary N) is 5. The molecule has 2 aromatic carbocycles. The molecule has 0 aliphatic rings. The molecular weight excluding hydrogens is 307 g/mol. The predicted octanol–water partition coefficient (Wildman–Crippen LogP) is 3.69. The van der Waals surface area contributed by atoms with E-state index in [0.29, 0.717) is 11.4 Å². The zero-order valence-electron chi connectivity index (χ0n) is 11.8. The zero-order valence-corrected chi connectivity index (χ0v) is 11.8. The van der Waals surface area contributed by atoms with Gasteiger partial charge in [0.05, 0.1) is 5.56 Å². The molecule has 0 unspecified atom stereocenters. The summed E-state index contributed by atoms with van der Waals surface area (Å²) >= 11 is 0. The third kappa shape index (κ3) is 5.03. The van der Waals surface area contributed by atoms with Crippen molar-refractivity contribution >= 4 is 23.3 Å². The summed E-state index contributed by atoms with van der Waals surface area (Å²) in [6.07, 6.45) is -4.40. The Hall–Kier alpha value is -3.03. The molecule has 0 aliphatic heterocycles. The average Bonchev–Trinajstić information content (AvgIpc) is 2.47. The van der Waals surface area contributed by atoms with Crippen molar-refractivity contribution < 1.29 is 13.2 Å². The van der Waals surface area contributed by atoms with E-state index in [-0.39, 0.29) is 11.9 Å². The molecule has 0 atom stereocenters. The summed E-state index contributed by atoms with van der Waals surface area (Å²) in [5.41, 5.74) is 0.219. The van der Waals surface area contributed by atoms with Crippen molar-refractivity contribution in [3.63, 3.8) is 0 Å². The fourth-order valence-electron chi connectivity index (χ4n) is 1.74. The number of hydrogen-bond acceptors (Lipinski definition) is 2. The summed E-state index contributed by atoms with van der Waals surface area (Å²) in [6.45, 7) is 0. The fourth-order valence-corrected chi connectivity index (χ4v) is 1.74. The molecule has 0 saturated carbocycles. The van der Waals surface area contributed by atoms with Gasteiger partial charge in [0, 0.05) is 11.4 Å². The zero-order chi connectivity index (χ0) is 16.9. The van der Waals surface area contributed by atoms with Gasteiger partial charge in [-0.1, -0.05) is 18.2 Å². The van der Waals surface area contributed by atoms with Crippen LogP contribution in [0.15, 0.2) is 54.6 Å². The van der Waals surface area contributed by atoms with Gasteiger partial charge in [-0.2, -0.15) is 13.2 Å². The maximum Gasteiger partial charge on any atom is 0.416 e. The molecule has 0 aliphatic carbocycles. The smallest absolute Gasteiger partial charge is 0.326 e. The topological polar surface area (TPSA) is 83.8 Å².